The van der Waals surface area contributed by atoms with Crippen molar-refractivity contribution in [2.24, 2.45) is 5.14 Å². The number of benzene rings is 2. The van der Waals surface area contributed by atoms with Crippen LogP contribution in [-0.2, 0) is 26.5 Å². The van der Waals surface area contributed by atoms with Crippen molar-refractivity contribution in [1.29, 1.82) is 0 Å². The van der Waals surface area contributed by atoms with Crippen LogP contribution < -0.4 is 15.2 Å². The molecule has 4 N–H and O–H groups in total. The van der Waals surface area contributed by atoms with E-state index in [4.69, 9.17) is 5.14 Å². The molecule has 0 heterocycles. The van der Waals surface area contributed by atoms with Gasteiger partial charge in [-0.1, -0.05) is 18.2 Å². The molecule has 0 bridgehead atoms. The first-order valence-electron chi connectivity index (χ1n) is 8.34. The van der Waals surface area contributed by atoms with Crippen LogP contribution in [-0.4, -0.2) is 42.0 Å². The Bertz CT molecular complexity index is 1120. The third-order valence-corrected chi connectivity index (χ3v) is 6.15. The van der Waals surface area contributed by atoms with E-state index in [9.17, 15) is 34.8 Å². The molecule has 13 heteroatoms. The standard InChI is InChI=1S/C17H18F3N3O5S2/c18-17(19,20)11-23-30(27,28)15-3-1-2-13(10-15)16(24)22-9-8-12-4-6-14(7-5-12)29(21,25)26/h1-7,10,23H,8-9,11H2,(H,22,24)(H2,21,25,26). The zero-order valence-electron chi connectivity index (χ0n) is 15.3. The average molecular weight is 465 g/mol. The fraction of sp³-hybridized carbons (Fsp3) is 0.235. The number of alkyl halides is 3. The van der Waals surface area contributed by atoms with Gasteiger partial charge in [0.05, 0.1) is 9.79 Å². The molecule has 0 aliphatic heterocycles. The van der Waals surface area contributed by atoms with E-state index >= 15 is 0 Å². The minimum Gasteiger partial charge on any atom is -0.352 e. The number of rotatable bonds is 8. The maximum Gasteiger partial charge on any atom is 0.402 e. The quantitative estimate of drug-likeness (QED) is 0.537. The maximum atomic E-state index is 12.2. The second-order valence-electron chi connectivity index (χ2n) is 6.16. The van der Waals surface area contributed by atoms with Crippen LogP contribution in [0.3, 0.4) is 0 Å². The van der Waals surface area contributed by atoms with Crippen molar-refractivity contribution in [2.45, 2.75) is 22.4 Å². The molecule has 2 aromatic carbocycles. The number of nitrogens with two attached hydrogens (primary N) is 1. The van der Waals surface area contributed by atoms with Gasteiger partial charge < -0.3 is 5.32 Å². The summed E-state index contributed by atoms with van der Waals surface area (Å²) in [5.41, 5.74) is 0.671. The van der Waals surface area contributed by atoms with Crippen molar-refractivity contribution in [3.05, 3.63) is 59.7 Å². The third-order valence-electron chi connectivity index (χ3n) is 3.82. The Labute approximate surface area is 171 Å². The Morgan fingerprint density at radius 2 is 1.60 bits per heavy atom. The minimum absolute atomic E-state index is 0.0468. The average Bonchev–Trinajstić information content (AvgIpc) is 2.66. The fourth-order valence-electron chi connectivity index (χ4n) is 2.33. The van der Waals surface area contributed by atoms with Crippen LogP contribution in [0.15, 0.2) is 58.3 Å². The van der Waals surface area contributed by atoms with E-state index in [0.29, 0.717) is 6.42 Å². The van der Waals surface area contributed by atoms with Crippen LogP contribution in [0.4, 0.5) is 13.2 Å². The molecule has 30 heavy (non-hydrogen) atoms. The van der Waals surface area contributed by atoms with Crippen LogP contribution in [0.2, 0.25) is 0 Å². The molecular weight excluding hydrogens is 447 g/mol. The second kappa shape index (κ2) is 9.12. The lowest BCUT2D eigenvalue weighted by atomic mass is 10.1. The molecule has 0 unspecified atom stereocenters. The predicted octanol–water partition coefficient (Wildman–Crippen LogP) is 1.15. The number of hydrogen-bond donors (Lipinski definition) is 3. The van der Waals surface area contributed by atoms with Crippen LogP contribution in [0.25, 0.3) is 0 Å². The van der Waals surface area contributed by atoms with Gasteiger partial charge in [0.1, 0.15) is 6.54 Å². The highest BCUT2D eigenvalue weighted by Gasteiger charge is 2.30. The highest BCUT2D eigenvalue weighted by molar-refractivity contribution is 7.89. The smallest absolute Gasteiger partial charge is 0.352 e. The van der Waals surface area contributed by atoms with Crippen LogP contribution in [0.1, 0.15) is 15.9 Å². The Balaban J connectivity index is 1.98. The van der Waals surface area contributed by atoms with Gasteiger partial charge in [-0.2, -0.15) is 13.2 Å². The first-order chi connectivity index (χ1) is 13.8. The summed E-state index contributed by atoms with van der Waals surface area (Å²) in [6.07, 6.45) is -4.36. The minimum atomic E-state index is -4.71. The van der Waals surface area contributed by atoms with Gasteiger partial charge in [0.2, 0.25) is 20.0 Å². The fourth-order valence-corrected chi connectivity index (χ4v) is 3.91. The lowest BCUT2D eigenvalue weighted by Gasteiger charge is -2.10. The predicted molar refractivity (Wildman–Crippen MR) is 102 cm³/mol. The summed E-state index contributed by atoms with van der Waals surface area (Å²) in [5, 5.41) is 7.56. The molecule has 0 fully saturated rings. The van der Waals surface area contributed by atoms with Crippen molar-refractivity contribution in [3.8, 4) is 0 Å². The Hall–Kier alpha value is -2.48. The molecule has 0 saturated heterocycles. The van der Waals surface area contributed by atoms with Gasteiger partial charge in [0.25, 0.3) is 5.91 Å². The van der Waals surface area contributed by atoms with Gasteiger partial charge in [-0.3, -0.25) is 4.79 Å². The first kappa shape index (κ1) is 23.8. The Kier molecular flexibility index (Phi) is 7.23. The lowest BCUT2D eigenvalue weighted by Crippen LogP contribution is -2.34. The number of primary sulfonamides is 1. The molecule has 1 amide bonds. The van der Waals surface area contributed by atoms with Crippen LogP contribution in [0, 0.1) is 0 Å². The van der Waals surface area contributed by atoms with E-state index < -0.39 is 43.6 Å². The van der Waals surface area contributed by atoms with E-state index in [1.807, 2.05) is 0 Å². The van der Waals surface area contributed by atoms with Crippen molar-refractivity contribution in [2.75, 3.05) is 13.1 Å². The van der Waals surface area contributed by atoms with Gasteiger partial charge in [-0.15, -0.1) is 0 Å². The molecule has 0 atom stereocenters. The summed E-state index contributed by atoms with van der Waals surface area (Å²) in [5.74, 6) is -0.621. The molecule has 164 valence electrons. The van der Waals surface area contributed by atoms with E-state index in [0.717, 1.165) is 17.7 Å². The number of nitrogens with one attached hydrogen (secondary N) is 2. The monoisotopic (exact) mass is 465 g/mol. The zero-order valence-corrected chi connectivity index (χ0v) is 16.9. The number of amides is 1. The van der Waals surface area contributed by atoms with Gasteiger partial charge in [-0.25, -0.2) is 26.7 Å². The molecule has 2 rings (SSSR count). The number of carbonyl (C=O) groups is 1. The number of halogens is 3. The van der Waals surface area contributed by atoms with Gasteiger partial charge in [0.15, 0.2) is 0 Å². The van der Waals surface area contributed by atoms with E-state index in [2.05, 4.69) is 5.32 Å². The van der Waals surface area contributed by atoms with Crippen molar-refractivity contribution < 1.29 is 34.8 Å². The molecule has 0 aliphatic carbocycles. The maximum absolute atomic E-state index is 12.2. The number of hydrogen-bond acceptors (Lipinski definition) is 5. The highest BCUT2D eigenvalue weighted by Crippen LogP contribution is 2.16. The normalized spacial score (nSPS) is 12.5. The summed E-state index contributed by atoms with van der Waals surface area (Å²) < 4.78 is 84.5. The topological polar surface area (TPSA) is 135 Å². The van der Waals surface area contributed by atoms with Crippen LogP contribution >= 0.6 is 0 Å². The summed E-state index contributed by atoms with van der Waals surface area (Å²) in [7, 11) is -8.24. The molecule has 8 nitrogen and oxygen atoms in total. The Morgan fingerprint density at radius 3 is 2.17 bits per heavy atom. The highest BCUT2D eigenvalue weighted by atomic mass is 32.2. The number of sulfonamides is 2. The van der Waals surface area contributed by atoms with Crippen molar-refractivity contribution >= 4 is 26.0 Å². The van der Waals surface area contributed by atoms with Gasteiger partial charge in [-0.05, 0) is 42.3 Å². The Morgan fingerprint density at radius 1 is 0.967 bits per heavy atom. The summed E-state index contributed by atoms with van der Waals surface area (Å²) >= 11 is 0. The molecule has 0 saturated carbocycles. The molecule has 0 aliphatic rings. The molecule has 0 radical (unpaired) electrons. The SMILES string of the molecule is NS(=O)(=O)c1ccc(CCNC(=O)c2cccc(S(=O)(=O)NCC(F)(F)F)c2)cc1. The zero-order chi connectivity index (χ0) is 22.6. The number of carbonyl (C=O) groups excluding carboxylic acids is 1. The first-order valence-corrected chi connectivity index (χ1v) is 11.4. The largest absolute Gasteiger partial charge is 0.402 e. The molecule has 0 spiro atoms. The van der Waals surface area contributed by atoms with Crippen molar-refractivity contribution in [1.82, 2.24) is 10.0 Å². The lowest BCUT2D eigenvalue weighted by molar-refractivity contribution is -0.121. The molecule has 2 aromatic rings. The van der Waals surface area contributed by atoms with E-state index in [-0.39, 0.29) is 17.0 Å². The van der Waals surface area contributed by atoms with Crippen molar-refractivity contribution in [3.63, 3.8) is 0 Å². The molecular formula is C17H18F3N3O5S2. The third kappa shape index (κ3) is 7.09. The van der Waals surface area contributed by atoms with Crippen LogP contribution in [0.5, 0.6) is 0 Å². The second-order valence-corrected chi connectivity index (χ2v) is 9.49. The van der Waals surface area contributed by atoms with Gasteiger partial charge in [0, 0.05) is 12.1 Å². The summed E-state index contributed by atoms with van der Waals surface area (Å²) in [6.45, 7) is -1.58. The summed E-state index contributed by atoms with van der Waals surface area (Å²) in [6, 6.07) is 10.3. The van der Waals surface area contributed by atoms with E-state index in [1.54, 1.807) is 0 Å². The molecule has 0 aromatic heterocycles. The summed E-state index contributed by atoms with van der Waals surface area (Å²) in [4.78, 5) is 11.7. The van der Waals surface area contributed by atoms with Gasteiger partial charge >= 0.3 is 6.18 Å². The van der Waals surface area contributed by atoms with E-state index in [1.165, 1.54) is 41.1 Å².